The highest BCUT2D eigenvalue weighted by Gasteiger charge is 2.32. The normalized spacial score (nSPS) is 36.4. The molecule has 0 heterocycles. The van der Waals surface area contributed by atoms with Crippen LogP contribution in [0.25, 0.3) is 0 Å². The van der Waals surface area contributed by atoms with Gasteiger partial charge in [-0.1, -0.05) is 32.1 Å². The van der Waals surface area contributed by atoms with Crippen molar-refractivity contribution in [2.24, 2.45) is 23.3 Å². The molecule has 15 heavy (non-hydrogen) atoms. The van der Waals surface area contributed by atoms with E-state index in [1.54, 1.807) is 0 Å². The van der Waals surface area contributed by atoms with Crippen molar-refractivity contribution in [3.05, 3.63) is 0 Å². The first-order chi connectivity index (χ1) is 7.29. The van der Waals surface area contributed by atoms with Gasteiger partial charge >= 0.3 is 0 Å². The van der Waals surface area contributed by atoms with E-state index in [0.717, 1.165) is 5.92 Å². The molecule has 0 spiro atoms. The maximum absolute atomic E-state index is 6.43. The van der Waals surface area contributed by atoms with E-state index >= 15 is 0 Å². The summed E-state index contributed by atoms with van der Waals surface area (Å²) >= 11 is 0. The Kier molecular flexibility index (Phi) is 4.04. The molecular weight excluding hydrogens is 184 g/mol. The molecule has 0 saturated heterocycles. The molecule has 3 unspecified atom stereocenters. The maximum Gasteiger partial charge on any atom is 0.0110 e. The molecule has 0 bridgehead atoms. The van der Waals surface area contributed by atoms with Crippen molar-refractivity contribution in [1.29, 1.82) is 0 Å². The standard InChI is InChI=1S/C13H26N2/c14-12-9-5-4-8-11(12)13(15)10-6-2-1-3-7-10/h10-13H,1-9,14-15H2. The molecule has 0 radical (unpaired) electrons. The van der Waals surface area contributed by atoms with Crippen molar-refractivity contribution in [2.45, 2.75) is 69.9 Å². The second kappa shape index (κ2) is 5.31. The largest absolute Gasteiger partial charge is 0.327 e. The average molecular weight is 210 g/mol. The van der Waals surface area contributed by atoms with E-state index in [9.17, 15) is 0 Å². The van der Waals surface area contributed by atoms with Crippen LogP contribution >= 0.6 is 0 Å². The predicted molar refractivity (Wildman–Crippen MR) is 64.5 cm³/mol. The molecule has 0 aromatic carbocycles. The summed E-state index contributed by atoms with van der Waals surface area (Å²) in [6, 6.07) is 0.774. The molecule has 4 N–H and O–H groups in total. The molecule has 2 nitrogen and oxygen atoms in total. The minimum absolute atomic E-state index is 0.385. The lowest BCUT2D eigenvalue weighted by atomic mass is 9.72. The van der Waals surface area contributed by atoms with Gasteiger partial charge in [-0.15, -0.1) is 0 Å². The van der Waals surface area contributed by atoms with E-state index < -0.39 is 0 Å². The number of hydrogen-bond acceptors (Lipinski definition) is 2. The van der Waals surface area contributed by atoms with E-state index in [1.165, 1.54) is 57.8 Å². The molecule has 2 aliphatic rings. The fourth-order valence-corrected chi connectivity index (χ4v) is 3.53. The Bertz CT molecular complexity index is 187. The van der Waals surface area contributed by atoms with Crippen molar-refractivity contribution in [3.63, 3.8) is 0 Å². The molecule has 88 valence electrons. The lowest BCUT2D eigenvalue weighted by Gasteiger charge is -2.38. The van der Waals surface area contributed by atoms with Gasteiger partial charge in [-0.25, -0.2) is 0 Å². The minimum atomic E-state index is 0.385. The Labute approximate surface area is 93.8 Å². The number of hydrogen-bond donors (Lipinski definition) is 2. The molecule has 2 saturated carbocycles. The van der Waals surface area contributed by atoms with Gasteiger partial charge < -0.3 is 11.5 Å². The summed E-state index contributed by atoms with van der Waals surface area (Å²) in [6.45, 7) is 0. The van der Waals surface area contributed by atoms with Gasteiger partial charge in [-0.2, -0.15) is 0 Å². The molecule has 2 aliphatic carbocycles. The topological polar surface area (TPSA) is 52.0 Å². The zero-order chi connectivity index (χ0) is 10.7. The third-order valence-electron chi connectivity index (χ3n) is 4.56. The quantitative estimate of drug-likeness (QED) is 0.735. The van der Waals surface area contributed by atoms with Gasteiger partial charge in [-0.3, -0.25) is 0 Å². The second-order valence-electron chi connectivity index (χ2n) is 5.59. The summed E-state index contributed by atoms with van der Waals surface area (Å²) in [6.07, 6.45) is 12.0. The van der Waals surface area contributed by atoms with Crippen LogP contribution in [0.15, 0.2) is 0 Å². The SMILES string of the molecule is NC1CCCCC1C(N)C1CCCCC1. The van der Waals surface area contributed by atoms with E-state index in [1.807, 2.05) is 0 Å². The lowest BCUT2D eigenvalue weighted by Crippen LogP contribution is -2.48. The highest BCUT2D eigenvalue weighted by Crippen LogP contribution is 2.33. The highest BCUT2D eigenvalue weighted by atomic mass is 14.8. The van der Waals surface area contributed by atoms with Crippen LogP contribution in [0.5, 0.6) is 0 Å². The predicted octanol–water partition coefficient (Wildman–Crippen LogP) is 2.41. The summed E-state index contributed by atoms with van der Waals surface area (Å²) in [4.78, 5) is 0. The molecular formula is C13H26N2. The van der Waals surface area contributed by atoms with E-state index in [4.69, 9.17) is 11.5 Å². The summed E-state index contributed by atoms with van der Waals surface area (Å²) < 4.78 is 0. The molecule has 0 amide bonds. The fraction of sp³-hybridized carbons (Fsp3) is 1.00. The minimum Gasteiger partial charge on any atom is -0.327 e. The third kappa shape index (κ3) is 2.73. The molecule has 3 atom stereocenters. The van der Waals surface area contributed by atoms with Crippen LogP contribution in [0.1, 0.15) is 57.8 Å². The van der Waals surface area contributed by atoms with E-state index in [0.29, 0.717) is 18.0 Å². The first-order valence-electron chi connectivity index (χ1n) is 6.80. The van der Waals surface area contributed by atoms with E-state index in [2.05, 4.69) is 0 Å². The summed E-state index contributed by atoms with van der Waals surface area (Å²) in [7, 11) is 0. The zero-order valence-corrected chi connectivity index (χ0v) is 9.83. The van der Waals surface area contributed by atoms with Gasteiger partial charge in [0.1, 0.15) is 0 Å². The summed E-state index contributed by atoms with van der Waals surface area (Å²) in [5.74, 6) is 1.38. The molecule has 0 aromatic heterocycles. The third-order valence-corrected chi connectivity index (χ3v) is 4.56. The van der Waals surface area contributed by atoms with Gasteiger partial charge in [-0.05, 0) is 37.5 Å². The highest BCUT2D eigenvalue weighted by molar-refractivity contribution is 4.89. The van der Waals surface area contributed by atoms with E-state index in [-0.39, 0.29) is 0 Å². The van der Waals surface area contributed by atoms with Crippen molar-refractivity contribution < 1.29 is 0 Å². The molecule has 2 rings (SSSR count). The van der Waals surface area contributed by atoms with Gasteiger partial charge in [0.25, 0.3) is 0 Å². The van der Waals surface area contributed by atoms with Crippen LogP contribution in [0.2, 0.25) is 0 Å². The molecule has 2 heteroatoms. The maximum atomic E-state index is 6.43. The fourth-order valence-electron chi connectivity index (χ4n) is 3.53. The van der Waals surface area contributed by atoms with Crippen molar-refractivity contribution in [2.75, 3.05) is 0 Å². The van der Waals surface area contributed by atoms with Gasteiger partial charge in [0.2, 0.25) is 0 Å². The number of nitrogens with two attached hydrogens (primary N) is 2. The van der Waals surface area contributed by atoms with Crippen molar-refractivity contribution in [3.8, 4) is 0 Å². The Balaban J connectivity index is 1.89. The zero-order valence-electron chi connectivity index (χ0n) is 9.83. The molecule has 0 aliphatic heterocycles. The Morgan fingerprint density at radius 3 is 2.07 bits per heavy atom. The van der Waals surface area contributed by atoms with Crippen LogP contribution in [-0.2, 0) is 0 Å². The Morgan fingerprint density at radius 2 is 1.40 bits per heavy atom. The average Bonchev–Trinajstić information content (AvgIpc) is 2.30. The first-order valence-corrected chi connectivity index (χ1v) is 6.80. The molecule has 2 fully saturated rings. The van der Waals surface area contributed by atoms with Gasteiger partial charge in [0.05, 0.1) is 0 Å². The number of rotatable bonds is 2. The van der Waals surface area contributed by atoms with Crippen LogP contribution in [0.3, 0.4) is 0 Å². The van der Waals surface area contributed by atoms with Gasteiger partial charge in [0, 0.05) is 12.1 Å². The van der Waals surface area contributed by atoms with Crippen molar-refractivity contribution in [1.82, 2.24) is 0 Å². The summed E-state index contributed by atoms with van der Waals surface area (Å²) in [5, 5.41) is 0. The second-order valence-corrected chi connectivity index (χ2v) is 5.59. The first kappa shape index (κ1) is 11.4. The Morgan fingerprint density at radius 1 is 0.800 bits per heavy atom. The molecule has 0 aromatic rings. The monoisotopic (exact) mass is 210 g/mol. The van der Waals surface area contributed by atoms with Crippen LogP contribution in [0, 0.1) is 11.8 Å². The van der Waals surface area contributed by atoms with Crippen molar-refractivity contribution >= 4 is 0 Å². The lowest BCUT2D eigenvalue weighted by molar-refractivity contribution is 0.184. The smallest absolute Gasteiger partial charge is 0.0110 e. The van der Waals surface area contributed by atoms with Crippen LogP contribution in [-0.4, -0.2) is 12.1 Å². The summed E-state index contributed by atoms with van der Waals surface area (Å²) in [5.41, 5.74) is 12.6. The van der Waals surface area contributed by atoms with Gasteiger partial charge in [0.15, 0.2) is 0 Å². The van der Waals surface area contributed by atoms with Crippen LogP contribution in [0.4, 0.5) is 0 Å². The van der Waals surface area contributed by atoms with Crippen LogP contribution < -0.4 is 11.5 Å². The Hall–Kier alpha value is -0.0800.